The van der Waals surface area contributed by atoms with Gasteiger partial charge in [0.25, 0.3) is 5.91 Å². The van der Waals surface area contributed by atoms with Crippen molar-refractivity contribution in [3.05, 3.63) is 66.0 Å². The SMILES string of the molecule is CC(=O)Nc1cccc(NC(=O)c2cncc3cc(C(C)(C)C)ccc23)c1. The fourth-order valence-electron chi connectivity index (χ4n) is 2.90. The Labute approximate surface area is 158 Å². The fraction of sp³-hybridized carbons (Fsp3) is 0.227. The number of aromatic nitrogens is 1. The van der Waals surface area contributed by atoms with Crippen molar-refractivity contribution in [2.75, 3.05) is 10.6 Å². The van der Waals surface area contributed by atoms with Gasteiger partial charge >= 0.3 is 0 Å². The molecule has 3 rings (SSSR count). The number of fused-ring (bicyclic) bond motifs is 1. The lowest BCUT2D eigenvalue weighted by molar-refractivity contribution is -0.114. The lowest BCUT2D eigenvalue weighted by Gasteiger charge is -2.19. The molecule has 1 aromatic heterocycles. The smallest absolute Gasteiger partial charge is 0.257 e. The molecule has 5 nitrogen and oxygen atoms in total. The number of carbonyl (C=O) groups is 2. The maximum atomic E-state index is 12.8. The number of nitrogens with zero attached hydrogens (tertiary/aromatic N) is 1. The molecule has 0 spiro atoms. The van der Waals surface area contributed by atoms with Crippen LogP contribution < -0.4 is 10.6 Å². The molecule has 3 aromatic rings. The van der Waals surface area contributed by atoms with Crippen molar-refractivity contribution in [1.82, 2.24) is 4.98 Å². The van der Waals surface area contributed by atoms with Gasteiger partial charge in [0, 0.05) is 36.1 Å². The average molecular weight is 361 g/mol. The minimum atomic E-state index is -0.239. The highest BCUT2D eigenvalue weighted by molar-refractivity contribution is 6.12. The van der Waals surface area contributed by atoms with Gasteiger partial charge in [-0.1, -0.05) is 39.0 Å². The Balaban J connectivity index is 1.91. The summed E-state index contributed by atoms with van der Waals surface area (Å²) < 4.78 is 0. The summed E-state index contributed by atoms with van der Waals surface area (Å²) in [5.41, 5.74) is 2.97. The van der Waals surface area contributed by atoms with Crippen molar-refractivity contribution in [3.8, 4) is 0 Å². The standard InChI is InChI=1S/C22H23N3O2/c1-14(26)24-17-6-5-7-18(11-17)25-21(27)20-13-23-12-15-10-16(22(2,3)4)8-9-19(15)20/h5-13H,1-4H3,(H,24,26)(H,25,27). The number of anilines is 2. The van der Waals surface area contributed by atoms with E-state index in [-0.39, 0.29) is 17.2 Å². The van der Waals surface area contributed by atoms with E-state index in [4.69, 9.17) is 0 Å². The van der Waals surface area contributed by atoms with E-state index < -0.39 is 0 Å². The molecule has 138 valence electrons. The Morgan fingerprint density at radius 2 is 1.63 bits per heavy atom. The Kier molecular flexibility index (Phi) is 4.95. The molecule has 0 unspecified atom stereocenters. The molecule has 5 heteroatoms. The predicted octanol–water partition coefficient (Wildman–Crippen LogP) is 4.74. The molecule has 0 saturated heterocycles. The van der Waals surface area contributed by atoms with Gasteiger partial charge in [0.2, 0.25) is 5.91 Å². The largest absolute Gasteiger partial charge is 0.326 e. The molecule has 0 aliphatic carbocycles. The van der Waals surface area contributed by atoms with E-state index in [2.05, 4.69) is 48.5 Å². The van der Waals surface area contributed by atoms with E-state index in [9.17, 15) is 9.59 Å². The minimum absolute atomic E-state index is 0.0244. The van der Waals surface area contributed by atoms with Crippen LogP contribution in [0.25, 0.3) is 10.8 Å². The normalized spacial score (nSPS) is 11.3. The highest BCUT2D eigenvalue weighted by atomic mass is 16.2. The van der Waals surface area contributed by atoms with Crippen LogP contribution in [0.3, 0.4) is 0 Å². The van der Waals surface area contributed by atoms with Gasteiger partial charge in [-0.15, -0.1) is 0 Å². The van der Waals surface area contributed by atoms with Gasteiger partial charge in [0.1, 0.15) is 0 Å². The number of nitrogens with one attached hydrogen (secondary N) is 2. The van der Waals surface area contributed by atoms with Crippen LogP contribution in [-0.2, 0) is 10.2 Å². The van der Waals surface area contributed by atoms with E-state index in [1.807, 2.05) is 6.07 Å². The van der Waals surface area contributed by atoms with E-state index >= 15 is 0 Å². The van der Waals surface area contributed by atoms with Crippen molar-refractivity contribution < 1.29 is 9.59 Å². The number of carbonyl (C=O) groups excluding carboxylic acids is 2. The highest BCUT2D eigenvalue weighted by Gasteiger charge is 2.16. The van der Waals surface area contributed by atoms with Crippen molar-refractivity contribution in [2.45, 2.75) is 33.1 Å². The summed E-state index contributed by atoms with van der Waals surface area (Å²) in [7, 11) is 0. The number of benzene rings is 2. The second kappa shape index (κ2) is 7.19. The van der Waals surface area contributed by atoms with Crippen LogP contribution in [0.4, 0.5) is 11.4 Å². The predicted molar refractivity (Wildman–Crippen MR) is 109 cm³/mol. The topological polar surface area (TPSA) is 71.1 Å². The third-order valence-corrected chi connectivity index (χ3v) is 4.31. The molecule has 2 N–H and O–H groups in total. The molecule has 0 fully saturated rings. The van der Waals surface area contributed by atoms with Gasteiger partial charge in [-0.3, -0.25) is 14.6 Å². The monoisotopic (exact) mass is 361 g/mol. The maximum absolute atomic E-state index is 12.8. The third-order valence-electron chi connectivity index (χ3n) is 4.31. The molecule has 2 amide bonds. The van der Waals surface area contributed by atoms with Crippen LogP contribution in [-0.4, -0.2) is 16.8 Å². The van der Waals surface area contributed by atoms with Crippen LogP contribution in [0.2, 0.25) is 0 Å². The van der Waals surface area contributed by atoms with Gasteiger partial charge in [0.15, 0.2) is 0 Å². The Morgan fingerprint density at radius 3 is 2.30 bits per heavy atom. The molecule has 0 saturated carbocycles. The molecule has 0 aliphatic rings. The molecular formula is C22H23N3O2. The first kappa shape index (κ1) is 18.6. The molecule has 0 bridgehead atoms. The maximum Gasteiger partial charge on any atom is 0.257 e. The van der Waals surface area contributed by atoms with E-state index in [1.165, 1.54) is 12.5 Å². The number of hydrogen-bond donors (Lipinski definition) is 2. The van der Waals surface area contributed by atoms with Gasteiger partial charge < -0.3 is 10.6 Å². The summed E-state index contributed by atoms with van der Waals surface area (Å²) >= 11 is 0. The van der Waals surface area contributed by atoms with E-state index in [1.54, 1.807) is 36.7 Å². The lowest BCUT2D eigenvalue weighted by Crippen LogP contribution is -2.14. The molecule has 0 radical (unpaired) electrons. The summed E-state index contributed by atoms with van der Waals surface area (Å²) in [5, 5.41) is 7.37. The first-order chi connectivity index (χ1) is 12.7. The molecule has 2 aromatic carbocycles. The average Bonchev–Trinajstić information content (AvgIpc) is 2.59. The zero-order valence-corrected chi connectivity index (χ0v) is 16.0. The zero-order chi connectivity index (χ0) is 19.6. The summed E-state index contributed by atoms with van der Waals surface area (Å²) in [4.78, 5) is 28.2. The van der Waals surface area contributed by atoms with Crippen molar-refractivity contribution in [1.29, 1.82) is 0 Å². The Morgan fingerprint density at radius 1 is 0.926 bits per heavy atom. The van der Waals surface area contributed by atoms with Crippen molar-refractivity contribution >= 4 is 34.0 Å². The van der Waals surface area contributed by atoms with Crippen molar-refractivity contribution in [2.24, 2.45) is 0 Å². The summed E-state index contributed by atoms with van der Waals surface area (Å²) in [6.07, 6.45) is 3.35. The molecule has 1 heterocycles. The Hall–Kier alpha value is -3.21. The van der Waals surface area contributed by atoms with Gasteiger partial charge in [0.05, 0.1) is 5.56 Å². The van der Waals surface area contributed by atoms with Crippen LogP contribution in [0.1, 0.15) is 43.6 Å². The fourth-order valence-corrected chi connectivity index (χ4v) is 2.90. The molecular weight excluding hydrogens is 338 g/mol. The molecule has 0 atom stereocenters. The first-order valence-corrected chi connectivity index (χ1v) is 8.81. The van der Waals surface area contributed by atoms with Gasteiger partial charge in [-0.2, -0.15) is 0 Å². The molecule has 27 heavy (non-hydrogen) atoms. The van der Waals surface area contributed by atoms with Crippen LogP contribution in [0.5, 0.6) is 0 Å². The summed E-state index contributed by atoms with van der Waals surface area (Å²) in [6, 6.07) is 13.1. The minimum Gasteiger partial charge on any atom is -0.326 e. The van der Waals surface area contributed by atoms with Crippen molar-refractivity contribution in [3.63, 3.8) is 0 Å². The Bertz CT molecular complexity index is 1020. The zero-order valence-electron chi connectivity index (χ0n) is 16.0. The quantitative estimate of drug-likeness (QED) is 0.707. The third kappa shape index (κ3) is 4.31. The van der Waals surface area contributed by atoms with Crippen LogP contribution in [0, 0.1) is 0 Å². The number of pyridine rings is 1. The second-order valence-electron chi connectivity index (χ2n) is 7.59. The lowest BCUT2D eigenvalue weighted by atomic mass is 9.86. The van der Waals surface area contributed by atoms with Gasteiger partial charge in [-0.25, -0.2) is 0 Å². The van der Waals surface area contributed by atoms with E-state index in [0.29, 0.717) is 16.9 Å². The second-order valence-corrected chi connectivity index (χ2v) is 7.59. The summed E-state index contributed by atoms with van der Waals surface area (Å²) in [6.45, 7) is 7.90. The highest BCUT2D eigenvalue weighted by Crippen LogP contribution is 2.27. The number of rotatable bonds is 3. The first-order valence-electron chi connectivity index (χ1n) is 8.81. The van der Waals surface area contributed by atoms with E-state index in [0.717, 1.165) is 10.8 Å². The number of hydrogen-bond acceptors (Lipinski definition) is 3. The molecule has 0 aliphatic heterocycles. The van der Waals surface area contributed by atoms with Crippen LogP contribution in [0.15, 0.2) is 54.9 Å². The summed E-state index contributed by atoms with van der Waals surface area (Å²) in [5.74, 6) is -0.400. The van der Waals surface area contributed by atoms with Gasteiger partial charge in [-0.05, 0) is 40.6 Å². The van der Waals surface area contributed by atoms with Crippen LogP contribution >= 0.6 is 0 Å². The number of amides is 2.